The van der Waals surface area contributed by atoms with E-state index in [2.05, 4.69) is 31.3 Å². The summed E-state index contributed by atoms with van der Waals surface area (Å²) in [5.74, 6) is 1.18. The first-order valence-electron chi connectivity index (χ1n) is 9.29. The number of hydrogen-bond donors (Lipinski definition) is 3. The summed E-state index contributed by atoms with van der Waals surface area (Å²) in [7, 11) is 0. The highest BCUT2D eigenvalue weighted by atomic mass is 19.1. The van der Waals surface area contributed by atoms with Gasteiger partial charge in [0.05, 0.1) is 6.04 Å². The highest BCUT2D eigenvalue weighted by Gasteiger charge is 2.29. The van der Waals surface area contributed by atoms with Gasteiger partial charge in [-0.25, -0.2) is 9.82 Å². The van der Waals surface area contributed by atoms with E-state index < -0.39 is 0 Å². The van der Waals surface area contributed by atoms with Gasteiger partial charge in [0.25, 0.3) is 0 Å². The standard InChI is InChI=1S/C19H25FN6/c20-16-7-5-14(6-8-16)19-15(12-23-25-19)11-21-17-3-2-10-26(13-17)18-4-1-9-22-24-18/h1,4-9,15,17,19,21,23,25H,2-3,10-13H2. The molecule has 1 aromatic carbocycles. The Morgan fingerprint density at radius 2 is 2.12 bits per heavy atom. The fourth-order valence-corrected chi connectivity index (χ4v) is 3.88. The van der Waals surface area contributed by atoms with Crippen molar-refractivity contribution in [3.8, 4) is 0 Å². The smallest absolute Gasteiger partial charge is 0.151 e. The normalized spacial score (nSPS) is 26.2. The third kappa shape index (κ3) is 4.00. The number of rotatable bonds is 5. The number of piperidine rings is 1. The number of anilines is 1. The Morgan fingerprint density at radius 1 is 1.23 bits per heavy atom. The lowest BCUT2D eigenvalue weighted by Gasteiger charge is -2.34. The number of halogens is 1. The maximum absolute atomic E-state index is 13.2. The number of benzene rings is 1. The van der Waals surface area contributed by atoms with Gasteiger partial charge in [-0.2, -0.15) is 5.10 Å². The molecule has 138 valence electrons. The molecule has 0 amide bonds. The molecule has 3 heterocycles. The van der Waals surface area contributed by atoms with Crippen molar-refractivity contribution in [3.63, 3.8) is 0 Å². The summed E-state index contributed by atoms with van der Waals surface area (Å²) >= 11 is 0. The molecule has 0 saturated carbocycles. The van der Waals surface area contributed by atoms with Gasteiger partial charge in [-0.15, -0.1) is 5.10 Å². The molecule has 0 radical (unpaired) electrons. The fraction of sp³-hybridized carbons (Fsp3) is 0.474. The zero-order chi connectivity index (χ0) is 17.8. The number of hydrogen-bond acceptors (Lipinski definition) is 6. The van der Waals surface area contributed by atoms with Gasteiger partial charge in [-0.3, -0.25) is 5.43 Å². The van der Waals surface area contributed by atoms with Gasteiger partial charge < -0.3 is 10.2 Å². The molecule has 3 atom stereocenters. The van der Waals surface area contributed by atoms with Crippen LogP contribution in [0.1, 0.15) is 24.4 Å². The Hall–Kier alpha value is -2.09. The van der Waals surface area contributed by atoms with Crippen LogP contribution in [0, 0.1) is 11.7 Å². The van der Waals surface area contributed by atoms with Gasteiger partial charge in [0.15, 0.2) is 5.82 Å². The van der Waals surface area contributed by atoms with Crippen molar-refractivity contribution in [3.05, 3.63) is 54.0 Å². The van der Waals surface area contributed by atoms with E-state index in [-0.39, 0.29) is 11.9 Å². The molecular weight excluding hydrogens is 331 g/mol. The predicted molar refractivity (Wildman–Crippen MR) is 99.0 cm³/mol. The SMILES string of the molecule is Fc1ccc(C2NNCC2CNC2CCCN(c3cccnn3)C2)cc1. The van der Waals surface area contributed by atoms with Gasteiger partial charge >= 0.3 is 0 Å². The molecule has 2 saturated heterocycles. The molecule has 1 aromatic heterocycles. The van der Waals surface area contributed by atoms with Crippen LogP contribution in [0.2, 0.25) is 0 Å². The van der Waals surface area contributed by atoms with E-state index in [1.807, 2.05) is 24.3 Å². The first-order chi connectivity index (χ1) is 12.8. The molecule has 0 bridgehead atoms. The van der Waals surface area contributed by atoms with E-state index >= 15 is 0 Å². The van der Waals surface area contributed by atoms with Crippen molar-refractivity contribution >= 4 is 5.82 Å². The zero-order valence-electron chi connectivity index (χ0n) is 14.7. The molecule has 3 unspecified atom stereocenters. The second kappa shape index (κ2) is 8.07. The summed E-state index contributed by atoms with van der Waals surface area (Å²) < 4.78 is 13.2. The number of nitrogens with zero attached hydrogens (tertiary/aromatic N) is 3. The van der Waals surface area contributed by atoms with Crippen LogP contribution in [0.25, 0.3) is 0 Å². The van der Waals surface area contributed by atoms with Crippen molar-refractivity contribution < 1.29 is 4.39 Å². The molecule has 0 aliphatic carbocycles. The van der Waals surface area contributed by atoms with Gasteiger partial charge in [0, 0.05) is 44.3 Å². The van der Waals surface area contributed by atoms with Crippen LogP contribution in [-0.2, 0) is 0 Å². The summed E-state index contributed by atoms with van der Waals surface area (Å²) in [5.41, 5.74) is 7.69. The summed E-state index contributed by atoms with van der Waals surface area (Å²) in [6.07, 6.45) is 4.03. The van der Waals surface area contributed by atoms with E-state index in [9.17, 15) is 4.39 Å². The number of aromatic nitrogens is 2. The van der Waals surface area contributed by atoms with E-state index in [0.717, 1.165) is 44.0 Å². The Morgan fingerprint density at radius 3 is 2.92 bits per heavy atom. The number of hydrazine groups is 1. The quantitative estimate of drug-likeness (QED) is 0.757. The second-order valence-corrected chi connectivity index (χ2v) is 7.09. The monoisotopic (exact) mass is 356 g/mol. The summed E-state index contributed by atoms with van der Waals surface area (Å²) in [6, 6.07) is 11.4. The van der Waals surface area contributed by atoms with Crippen molar-refractivity contribution in [2.45, 2.75) is 24.9 Å². The molecular formula is C19H25FN6. The Kier molecular flexibility index (Phi) is 5.38. The Balaban J connectivity index is 1.33. The topological polar surface area (TPSA) is 65.1 Å². The van der Waals surface area contributed by atoms with E-state index in [0.29, 0.717) is 12.0 Å². The summed E-state index contributed by atoms with van der Waals surface area (Å²) in [5, 5.41) is 11.9. The molecule has 2 aliphatic rings. The third-order valence-electron chi connectivity index (χ3n) is 5.29. The first kappa shape index (κ1) is 17.3. The first-order valence-corrected chi connectivity index (χ1v) is 9.29. The predicted octanol–water partition coefficient (Wildman–Crippen LogP) is 1.64. The van der Waals surface area contributed by atoms with Gasteiger partial charge in [-0.1, -0.05) is 12.1 Å². The highest BCUT2D eigenvalue weighted by molar-refractivity contribution is 5.37. The van der Waals surface area contributed by atoms with Crippen LogP contribution in [-0.4, -0.2) is 42.4 Å². The minimum atomic E-state index is -0.194. The van der Waals surface area contributed by atoms with Crippen molar-refractivity contribution in [1.29, 1.82) is 0 Å². The average Bonchev–Trinajstić information content (AvgIpc) is 3.16. The lowest BCUT2D eigenvalue weighted by Crippen LogP contribution is -2.47. The highest BCUT2D eigenvalue weighted by Crippen LogP contribution is 2.25. The minimum absolute atomic E-state index is 0.194. The molecule has 4 rings (SSSR count). The maximum atomic E-state index is 13.2. The summed E-state index contributed by atoms with van der Waals surface area (Å²) in [4.78, 5) is 2.30. The van der Waals surface area contributed by atoms with Gasteiger partial charge in [0.1, 0.15) is 5.82 Å². The van der Waals surface area contributed by atoms with Crippen LogP contribution < -0.4 is 21.1 Å². The van der Waals surface area contributed by atoms with Crippen LogP contribution in [0.5, 0.6) is 0 Å². The lowest BCUT2D eigenvalue weighted by atomic mass is 9.94. The molecule has 7 heteroatoms. The summed E-state index contributed by atoms with van der Waals surface area (Å²) in [6.45, 7) is 3.80. The molecule has 3 N–H and O–H groups in total. The molecule has 2 aromatic rings. The van der Waals surface area contributed by atoms with Crippen molar-refractivity contribution in [1.82, 2.24) is 26.4 Å². The van der Waals surface area contributed by atoms with Crippen molar-refractivity contribution in [2.24, 2.45) is 5.92 Å². The average molecular weight is 356 g/mol. The fourth-order valence-electron chi connectivity index (χ4n) is 3.88. The van der Waals surface area contributed by atoms with E-state index in [4.69, 9.17) is 0 Å². The van der Waals surface area contributed by atoms with Crippen LogP contribution in [0.4, 0.5) is 10.2 Å². The Bertz CT molecular complexity index is 695. The van der Waals surface area contributed by atoms with Crippen LogP contribution >= 0.6 is 0 Å². The number of nitrogens with one attached hydrogen (secondary N) is 3. The van der Waals surface area contributed by atoms with Crippen LogP contribution in [0.15, 0.2) is 42.6 Å². The van der Waals surface area contributed by atoms with Crippen LogP contribution in [0.3, 0.4) is 0 Å². The molecule has 2 fully saturated rings. The van der Waals surface area contributed by atoms with Gasteiger partial charge in [0.2, 0.25) is 0 Å². The molecule has 0 spiro atoms. The second-order valence-electron chi connectivity index (χ2n) is 7.09. The molecule has 6 nitrogen and oxygen atoms in total. The Labute approximate surface area is 153 Å². The van der Waals surface area contributed by atoms with E-state index in [1.165, 1.54) is 18.6 Å². The molecule has 26 heavy (non-hydrogen) atoms. The molecule has 2 aliphatic heterocycles. The maximum Gasteiger partial charge on any atom is 0.151 e. The van der Waals surface area contributed by atoms with Gasteiger partial charge in [-0.05, 0) is 42.7 Å². The third-order valence-corrected chi connectivity index (χ3v) is 5.29. The lowest BCUT2D eigenvalue weighted by molar-refractivity contribution is 0.369. The van der Waals surface area contributed by atoms with E-state index in [1.54, 1.807) is 6.20 Å². The van der Waals surface area contributed by atoms with Crippen molar-refractivity contribution in [2.75, 3.05) is 31.1 Å². The minimum Gasteiger partial charge on any atom is -0.354 e. The zero-order valence-corrected chi connectivity index (χ0v) is 14.7. The largest absolute Gasteiger partial charge is 0.354 e.